The first-order chi connectivity index (χ1) is 24.4. The minimum atomic E-state index is -2.05. The molecule has 1 aliphatic carbocycles. The zero-order valence-electron chi connectivity index (χ0n) is 30.5. The summed E-state index contributed by atoms with van der Waals surface area (Å²) in [6.45, 7) is 12.6. The van der Waals surface area contributed by atoms with E-state index in [1.165, 1.54) is 47.0 Å². The Morgan fingerprint density at radius 3 is 2.25 bits per heavy atom. The van der Waals surface area contributed by atoms with Crippen LogP contribution in [-0.4, -0.2) is 83.2 Å². The number of carbonyl (C=O) groups is 6. The van der Waals surface area contributed by atoms with Crippen molar-refractivity contribution in [3.63, 3.8) is 0 Å². The van der Waals surface area contributed by atoms with Crippen LogP contribution in [0.5, 0.6) is 11.5 Å². The lowest BCUT2D eigenvalue weighted by Crippen LogP contribution is -2.47. The molecule has 0 spiro atoms. The number of aromatic hydroxyl groups is 1. The number of aliphatic hydroxyl groups excluding tert-OH is 1. The first kappa shape index (κ1) is 39.7. The molecular formula is C38H45NO13. The van der Waals surface area contributed by atoms with Crippen molar-refractivity contribution >= 4 is 35.7 Å². The van der Waals surface area contributed by atoms with Gasteiger partial charge in [0.15, 0.2) is 5.78 Å². The fourth-order valence-electron chi connectivity index (χ4n) is 6.92. The maximum atomic E-state index is 13.9. The van der Waals surface area contributed by atoms with Crippen molar-refractivity contribution in [2.45, 2.75) is 85.6 Å². The number of Topliss-reactive ketones (excluding diaryl/α,β-unsaturated/α-hetero) is 2. The van der Waals surface area contributed by atoms with Crippen LogP contribution in [0, 0.1) is 30.6 Å². The van der Waals surface area contributed by atoms with Crippen molar-refractivity contribution < 1.29 is 62.7 Å². The van der Waals surface area contributed by atoms with Gasteiger partial charge in [0, 0.05) is 61.8 Å². The molecule has 52 heavy (non-hydrogen) atoms. The zero-order valence-corrected chi connectivity index (χ0v) is 30.5. The Morgan fingerprint density at radius 1 is 0.981 bits per heavy atom. The van der Waals surface area contributed by atoms with Gasteiger partial charge in [0.2, 0.25) is 5.78 Å². The highest BCUT2D eigenvalue weighted by Crippen LogP contribution is 2.48. The molecular weight excluding hydrogens is 678 g/mol. The van der Waals surface area contributed by atoms with E-state index in [1.54, 1.807) is 39.8 Å². The number of hydrogen-bond acceptors (Lipinski definition) is 13. The molecule has 3 N–H and O–H groups in total. The molecule has 3 aliphatic heterocycles. The summed E-state index contributed by atoms with van der Waals surface area (Å²) >= 11 is 0. The van der Waals surface area contributed by atoms with Crippen molar-refractivity contribution in [1.29, 1.82) is 0 Å². The van der Waals surface area contributed by atoms with Crippen LogP contribution in [0.1, 0.15) is 85.1 Å². The normalized spacial score (nSPS) is 31.2. The number of hydrogen-bond donors (Lipinski definition) is 3. The molecule has 4 aliphatic rings. The van der Waals surface area contributed by atoms with Crippen LogP contribution in [0.25, 0.3) is 0 Å². The number of benzene rings is 1. The SMILES string of the molecule is CO[C@@H]1C=CO[C@@]2(C)Oc3c(C)c(O)c4c(c3C2=O)C(=O)C=C(NC(=O)C(C)=CC=C[C@H](C)[C@@H](OC=O)[C@H](C)[C@H](O)[C@H](C)[C@H](OC(C)=O)[C@@H]1C)C4=O. The average molecular weight is 724 g/mol. The summed E-state index contributed by atoms with van der Waals surface area (Å²) in [7, 11) is 1.41. The minimum absolute atomic E-state index is 0.000707. The number of nitrogens with one attached hydrogen (secondary N) is 1. The fourth-order valence-corrected chi connectivity index (χ4v) is 6.92. The summed E-state index contributed by atoms with van der Waals surface area (Å²) < 4.78 is 28.6. The molecule has 5 bridgehead atoms. The zero-order chi connectivity index (χ0) is 38.8. The van der Waals surface area contributed by atoms with Crippen LogP contribution in [-0.2, 0) is 33.3 Å². The van der Waals surface area contributed by atoms with Crippen LogP contribution in [0.15, 0.2) is 47.9 Å². The molecule has 14 nitrogen and oxygen atoms in total. The fraction of sp³-hybridized carbons (Fsp3) is 0.474. The van der Waals surface area contributed by atoms with Gasteiger partial charge >= 0.3 is 11.8 Å². The Morgan fingerprint density at radius 2 is 1.63 bits per heavy atom. The molecule has 5 rings (SSSR count). The molecule has 0 saturated carbocycles. The molecule has 280 valence electrons. The molecule has 0 fully saturated rings. The van der Waals surface area contributed by atoms with Gasteiger partial charge in [0.1, 0.15) is 23.7 Å². The minimum Gasteiger partial charge on any atom is -0.507 e. The monoisotopic (exact) mass is 723 g/mol. The third-order valence-corrected chi connectivity index (χ3v) is 9.97. The summed E-state index contributed by atoms with van der Waals surface area (Å²) in [5.41, 5.74) is -1.39. The van der Waals surface area contributed by atoms with Gasteiger partial charge in [-0.05, 0) is 19.9 Å². The largest absolute Gasteiger partial charge is 0.507 e. The van der Waals surface area contributed by atoms with Crippen LogP contribution in [0.4, 0.5) is 0 Å². The molecule has 1 aromatic carbocycles. The van der Waals surface area contributed by atoms with Crippen LogP contribution in [0.2, 0.25) is 0 Å². The van der Waals surface area contributed by atoms with Crippen molar-refractivity contribution in [2.75, 3.05) is 7.11 Å². The number of carbonyl (C=O) groups excluding carboxylic acids is 6. The Labute approximate surface area is 301 Å². The lowest BCUT2D eigenvalue weighted by molar-refractivity contribution is -0.162. The number of aliphatic hydroxyl groups is 1. The molecule has 0 saturated heterocycles. The van der Waals surface area contributed by atoms with Gasteiger partial charge in [-0.15, -0.1) is 0 Å². The van der Waals surface area contributed by atoms with Crippen LogP contribution >= 0.6 is 0 Å². The number of allylic oxidation sites excluding steroid dienone is 4. The summed E-state index contributed by atoms with van der Waals surface area (Å²) in [4.78, 5) is 78.1. The standard InChI is InChI=1S/C38H45NO13/c1-17-11-10-12-18(2)37(47)39-24-15-25(42)27-28(32(24)45)31(44)22(6)35-29(27)36(46)38(8,52-35)50-14-13-26(48-9)19(3)34(51-23(7)41)21(5)30(43)20(4)33(17)49-16-40/h10-17,19-21,26,30,33-34,43-44H,1-9H3,(H,39,47)/t17-,19+,20+,21-,26+,30-,33+,34+,38-/m0/s1. The van der Waals surface area contributed by atoms with Crippen molar-refractivity contribution in [3.05, 3.63) is 70.2 Å². The predicted molar refractivity (Wildman–Crippen MR) is 184 cm³/mol. The third-order valence-electron chi connectivity index (χ3n) is 9.97. The highest BCUT2D eigenvalue weighted by atomic mass is 16.7. The molecule has 1 amide bonds. The van der Waals surface area contributed by atoms with Crippen LogP contribution < -0.4 is 10.1 Å². The van der Waals surface area contributed by atoms with Gasteiger partial charge in [0.25, 0.3) is 18.2 Å². The molecule has 0 aromatic heterocycles. The van der Waals surface area contributed by atoms with Gasteiger partial charge in [-0.2, -0.15) is 0 Å². The Bertz CT molecular complexity index is 1790. The Kier molecular flexibility index (Phi) is 12.0. The highest BCUT2D eigenvalue weighted by Gasteiger charge is 2.51. The van der Waals surface area contributed by atoms with Crippen LogP contribution in [0.3, 0.4) is 0 Å². The topological polar surface area (TPSA) is 201 Å². The number of ether oxygens (including phenoxy) is 5. The number of phenols is 1. The number of phenolic OH excluding ortho intramolecular Hbond substituents is 1. The number of amides is 1. The second-order valence-electron chi connectivity index (χ2n) is 13.6. The van der Waals surface area contributed by atoms with E-state index in [0.717, 1.165) is 12.3 Å². The van der Waals surface area contributed by atoms with Gasteiger partial charge in [-0.3, -0.25) is 28.8 Å². The summed E-state index contributed by atoms with van der Waals surface area (Å²) in [6, 6.07) is 0. The van der Waals surface area contributed by atoms with Crippen molar-refractivity contribution in [2.24, 2.45) is 23.7 Å². The van der Waals surface area contributed by atoms with Gasteiger partial charge in [-0.1, -0.05) is 45.9 Å². The quantitative estimate of drug-likeness (QED) is 0.299. The number of esters is 1. The summed E-state index contributed by atoms with van der Waals surface area (Å²) in [5.74, 6) is -9.14. The van der Waals surface area contributed by atoms with E-state index in [2.05, 4.69) is 5.32 Å². The second-order valence-corrected chi connectivity index (χ2v) is 13.6. The maximum absolute atomic E-state index is 13.9. The Balaban J connectivity index is 1.85. The summed E-state index contributed by atoms with van der Waals surface area (Å²) in [5, 5.41) is 25.1. The highest BCUT2D eigenvalue weighted by molar-refractivity contribution is 6.30. The van der Waals surface area contributed by atoms with Crippen molar-refractivity contribution in [1.82, 2.24) is 5.32 Å². The number of rotatable bonds is 4. The maximum Gasteiger partial charge on any atom is 0.312 e. The first-order valence-electron chi connectivity index (χ1n) is 16.8. The van der Waals surface area contributed by atoms with Crippen molar-refractivity contribution in [3.8, 4) is 11.5 Å². The van der Waals surface area contributed by atoms with Gasteiger partial charge < -0.3 is 39.2 Å². The molecule has 0 unspecified atom stereocenters. The first-order valence-corrected chi connectivity index (χ1v) is 16.8. The third kappa shape index (κ3) is 7.44. The summed E-state index contributed by atoms with van der Waals surface area (Å²) in [6.07, 6.45) is 4.40. The van der Waals surface area contributed by atoms with E-state index in [0.29, 0.717) is 0 Å². The lowest BCUT2D eigenvalue weighted by Gasteiger charge is -2.38. The van der Waals surface area contributed by atoms with Gasteiger partial charge in [0.05, 0.1) is 40.9 Å². The average Bonchev–Trinajstić information content (AvgIpc) is 3.36. The van der Waals surface area contributed by atoms with Gasteiger partial charge in [-0.25, -0.2) is 0 Å². The lowest BCUT2D eigenvalue weighted by atomic mass is 9.78. The Hall–Kier alpha value is -5.08. The number of methoxy groups -OCH3 is 1. The van der Waals surface area contributed by atoms with E-state index >= 15 is 0 Å². The van der Waals surface area contributed by atoms with E-state index in [9.17, 15) is 39.0 Å². The molecule has 9 atom stereocenters. The molecule has 1 aromatic rings. The molecule has 3 heterocycles. The molecule has 14 heteroatoms. The number of ketones is 3. The van der Waals surface area contributed by atoms with E-state index in [1.807, 2.05) is 0 Å². The smallest absolute Gasteiger partial charge is 0.312 e. The number of fused-ring (bicyclic) bond motifs is 14. The predicted octanol–water partition coefficient (Wildman–Crippen LogP) is 3.81. The van der Waals surface area contributed by atoms with E-state index < -0.39 is 100 Å². The molecule has 0 radical (unpaired) electrons. The van der Waals surface area contributed by atoms with E-state index in [-0.39, 0.29) is 34.5 Å². The second kappa shape index (κ2) is 15.7. The van der Waals surface area contributed by atoms with E-state index in [4.69, 9.17) is 23.7 Å².